The molecule has 6 heteroatoms. The molecule has 28 heavy (non-hydrogen) atoms. The van der Waals surface area contributed by atoms with E-state index in [4.69, 9.17) is 4.74 Å². The summed E-state index contributed by atoms with van der Waals surface area (Å²) in [7, 11) is 0. The van der Waals surface area contributed by atoms with Crippen LogP contribution in [0.3, 0.4) is 0 Å². The van der Waals surface area contributed by atoms with Crippen molar-refractivity contribution in [3.05, 3.63) is 59.4 Å². The number of rotatable bonds is 4. The van der Waals surface area contributed by atoms with E-state index in [9.17, 15) is 9.90 Å². The Hall–Kier alpha value is -2.86. The first-order valence-corrected chi connectivity index (χ1v) is 9.77. The highest BCUT2D eigenvalue weighted by Gasteiger charge is 2.39. The van der Waals surface area contributed by atoms with Crippen molar-refractivity contribution < 1.29 is 14.6 Å². The van der Waals surface area contributed by atoms with Crippen molar-refractivity contribution in [3.8, 4) is 11.5 Å². The Morgan fingerprint density at radius 2 is 2.11 bits per heavy atom. The Morgan fingerprint density at radius 3 is 2.75 bits per heavy atom. The van der Waals surface area contributed by atoms with Gasteiger partial charge in [0.1, 0.15) is 22.8 Å². The van der Waals surface area contributed by atoms with E-state index in [2.05, 4.69) is 16.4 Å². The molecule has 1 aromatic heterocycles. The lowest BCUT2D eigenvalue weighted by molar-refractivity contribution is 0.0767. The third-order valence-corrected chi connectivity index (χ3v) is 5.49. The number of hydrogen-bond acceptors (Lipinski definition) is 5. The normalized spacial score (nSPS) is 20.4. The molecule has 1 atom stereocenters. The van der Waals surface area contributed by atoms with Crippen molar-refractivity contribution >= 4 is 11.5 Å². The Bertz CT molecular complexity index is 911. The number of aromatic nitrogens is 1. The fourth-order valence-electron chi connectivity index (χ4n) is 3.94. The van der Waals surface area contributed by atoms with Gasteiger partial charge in [0.15, 0.2) is 0 Å². The number of fused-ring (bicyclic) bond motifs is 1. The second-order valence-electron chi connectivity index (χ2n) is 7.21. The van der Waals surface area contributed by atoms with E-state index < -0.39 is 5.60 Å². The van der Waals surface area contributed by atoms with Gasteiger partial charge in [0.2, 0.25) is 0 Å². The van der Waals surface area contributed by atoms with E-state index in [0.29, 0.717) is 30.1 Å². The van der Waals surface area contributed by atoms with E-state index in [-0.39, 0.29) is 11.7 Å². The van der Waals surface area contributed by atoms with Crippen molar-refractivity contribution in [3.63, 3.8) is 0 Å². The first-order chi connectivity index (χ1) is 13.6. The van der Waals surface area contributed by atoms with Gasteiger partial charge in [-0.25, -0.2) is 0 Å². The second-order valence-corrected chi connectivity index (χ2v) is 7.21. The number of amides is 1. The molecule has 4 rings (SSSR count). The summed E-state index contributed by atoms with van der Waals surface area (Å²) in [6.07, 6.45) is 4.65. The third kappa shape index (κ3) is 3.14. The zero-order valence-corrected chi connectivity index (χ0v) is 16.2. The number of pyridine rings is 1. The highest BCUT2D eigenvalue weighted by atomic mass is 16.5. The smallest absolute Gasteiger partial charge is 0.272 e. The van der Waals surface area contributed by atoms with Crippen LogP contribution in [0.1, 0.15) is 41.9 Å². The molecule has 1 amide bonds. The summed E-state index contributed by atoms with van der Waals surface area (Å²) in [6.45, 7) is 6.82. The Kier molecular flexibility index (Phi) is 4.81. The van der Waals surface area contributed by atoms with Crippen LogP contribution < -0.4 is 10.1 Å². The van der Waals surface area contributed by atoms with E-state index in [1.807, 2.05) is 26.0 Å². The van der Waals surface area contributed by atoms with Gasteiger partial charge < -0.3 is 20.1 Å². The van der Waals surface area contributed by atoms with Gasteiger partial charge in [-0.3, -0.25) is 9.78 Å². The lowest BCUT2D eigenvalue weighted by Gasteiger charge is -2.33. The predicted molar refractivity (Wildman–Crippen MR) is 108 cm³/mol. The number of phenolic OH excluding ortho intramolecular Hbond substituents is 1. The van der Waals surface area contributed by atoms with Gasteiger partial charge in [-0.1, -0.05) is 12.1 Å². The zero-order chi connectivity index (χ0) is 19.7. The van der Waals surface area contributed by atoms with Crippen LogP contribution in [0.25, 0.3) is 5.57 Å². The fourth-order valence-corrected chi connectivity index (χ4v) is 3.94. The maximum atomic E-state index is 12.5. The minimum atomic E-state index is -0.425. The van der Waals surface area contributed by atoms with Crippen LogP contribution in [0.15, 0.2) is 42.6 Å². The molecule has 2 aliphatic heterocycles. The maximum Gasteiger partial charge on any atom is 0.272 e. The van der Waals surface area contributed by atoms with Crippen LogP contribution in [-0.4, -0.2) is 52.7 Å². The quantitative estimate of drug-likeness (QED) is 0.855. The minimum absolute atomic E-state index is 0.0720. The summed E-state index contributed by atoms with van der Waals surface area (Å²) in [5.74, 6) is 0.773. The summed E-state index contributed by atoms with van der Waals surface area (Å²) >= 11 is 0. The van der Waals surface area contributed by atoms with Crippen LogP contribution in [0.2, 0.25) is 0 Å². The van der Waals surface area contributed by atoms with Crippen molar-refractivity contribution in [1.29, 1.82) is 0 Å². The van der Waals surface area contributed by atoms with Gasteiger partial charge >= 0.3 is 0 Å². The number of ether oxygens (including phenoxy) is 1. The summed E-state index contributed by atoms with van der Waals surface area (Å²) < 4.78 is 6.26. The van der Waals surface area contributed by atoms with Crippen LogP contribution in [0, 0.1) is 0 Å². The standard InChI is InChI=1S/C22H25N3O3/c1-3-25(4-2)21(27)17-9-8-15(13-24-17)16-12-22(10-11-23-14-22)28-19-7-5-6-18(26)20(16)19/h5-9,12-13,23,26H,3-4,10-11,14H2,1-2H3. The SMILES string of the molecule is CCN(CC)C(=O)c1ccc(C2=CC3(CCNC3)Oc3cccc(O)c32)cn1. The van der Waals surface area contributed by atoms with Crippen LogP contribution >= 0.6 is 0 Å². The van der Waals surface area contributed by atoms with Gasteiger partial charge in [0.05, 0.1) is 5.56 Å². The molecule has 1 unspecified atom stereocenters. The van der Waals surface area contributed by atoms with Gasteiger partial charge in [0, 0.05) is 37.8 Å². The van der Waals surface area contributed by atoms with Crippen LogP contribution in [-0.2, 0) is 0 Å². The van der Waals surface area contributed by atoms with E-state index >= 15 is 0 Å². The zero-order valence-electron chi connectivity index (χ0n) is 16.2. The number of benzene rings is 1. The van der Waals surface area contributed by atoms with E-state index in [0.717, 1.165) is 30.6 Å². The molecule has 0 aliphatic carbocycles. The molecule has 2 N–H and O–H groups in total. The number of phenols is 1. The monoisotopic (exact) mass is 379 g/mol. The Balaban J connectivity index is 1.74. The number of carbonyl (C=O) groups excluding carboxylic acids is 1. The Morgan fingerprint density at radius 1 is 1.29 bits per heavy atom. The van der Waals surface area contributed by atoms with Crippen molar-refractivity contribution in [1.82, 2.24) is 15.2 Å². The number of nitrogens with zero attached hydrogens (tertiary/aromatic N) is 2. The van der Waals surface area contributed by atoms with Crippen molar-refractivity contribution in [2.45, 2.75) is 25.9 Å². The average Bonchev–Trinajstić information content (AvgIpc) is 3.15. The molecule has 2 aromatic rings. The largest absolute Gasteiger partial charge is 0.507 e. The topological polar surface area (TPSA) is 74.7 Å². The summed E-state index contributed by atoms with van der Waals surface area (Å²) in [6, 6.07) is 8.98. The molecule has 3 heterocycles. The van der Waals surface area contributed by atoms with Crippen molar-refractivity contribution in [2.75, 3.05) is 26.2 Å². The predicted octanol–water partition coefficient (Wildman–Crippen LogP) is 2.83. The molecular formula is C22H25N3O3. The molecule has 0 bridgehead atoms. The highest BCUT2D eigenvalue weighted by molar-refractivity contribution is 5.93. The van der Waals surface area contributed by atoms with Crippen LogP contribution in [0.4, 0.5) is 0 Å². The lowest BCUT2D eigenvalue weighted by Crippen LogP contribution is -2.38. The first-order valence-electron chi connectivity index (χ1n) is 9.77. The number of carbonyl (C=O) groups is 1. The number of nitrogens with one attached hydrogen (secondary N) is 1. The molecule has 146 valence electrons. The van der Waals surface area contributed by atoms with Gasteiger partial charge in [0.25, 0.3) is 5.91 Å². The summed E-state index contributed by atoms with van der Waals surface area (Å²) in [5, 5.41) is 13.8. The Labute approximate surface area is 164 Å². The fraction of sp³-hybridized carbons (Fsp3) is 0.364. The maximum absolute atomic E-state index is 12.5. The molecule has 0 radical (unpaired) electrons. The highest BCUT2D eigenvalue weighted by Crippen LogP contribution is 2.45. The molecule has 1 spiro atoms. The molecule has 0 saturated carbocycles. The number of aromatic hydroxyl groups is 1. The molecule has 2 aliphatic rings. The summed E-state index contributed by atoms with van der Waals surface area (Å²) in [5.41, 5.74) is 2.41. The van der Waals surface area contributed by atoms with E-state index in [1.165, 1.54) is 0 Å². The average molecular weight is 379 g/mol. The van der Waals surface area contributed by atoms with Gasteiger partial charge in [-0.2, -0.15) is 0 Å². The number of hydrogen-bond donors (Lipinski definition) is 2. The molecular weight excluding hydrogens is 354 g/mol. The lowest BCUT2D eigenvalue weighted by atomic mass is 9.88. The molecule has 1 saturated heterocycles. The summed E-state index contributed by atoms with van der Waals surface area (Å²) in [4.78, 5) is 18.7. The second kappa shape index (κ2) is 7.28. The van der Waals surface area contributed by atoms with E-state index in [1.54, 1.807) is 29.3 Å². The van der Waals surface area contributed by atoms with Crippen molar-refractivity contribution in [2.24, 2.45) is 0 Å². The van der Waals surface area contributed by atoms with Gasteiger partial charge in [-0.15, -0.1) is 0 Å². The minimum Gasteiger partial charge on any atom is -0.507 e. The third-order valence-electron chi connectivity index (χ3n) is 5.49. The van der Waals surface area contributed by atoms with Crippen LogP contribution in [0.5, 0.6) is 11.5 Å². The first kappa shape index (κ1) is 18.5. The van der Waals surface area contributed by atoms with Gasteiger partial charge in [-0.05, 0) is 50.2 Å². The molecule has 6 nitrogen and oxygen atoms in total. The molecule has 1 aromatic carbocycles. The molecule has 1 fully saturated rings.